The van der Waals surface area contributed by atoms with Gasteiger partial charge in [-0.3, -0.25) is 9.59 Å². The molecule has 33 heavy (non-hydrogen) atoms. The first-order chi connectivity index (χ1) is 16.1. The van der Waals surface area contributed by atoms with E-state index in [0.29, 0.717) is 38.9 Å². The Bertz CT molecular complexity index is 868. The Labute approximate surface area is 195 Å². The van der Waals surface area contributed by atoms with Crippen molar-refractivity contribution in [3.8, 4) is 11.5 Å². The summed E-state index contributed by atoms with van der Waals surface area (Å²) in [5.74, 6) is 1.11. The lowest BCUT2D eigenvalue weighted by atomic mass is 10.1. The number of carbonyl (C=O) groups is 2. The number of benzene rings is 2. The van der Waals surface area contributed by atoms with E-state index in [4.69, 9.17) is 9.47 Å². The Morgan fingerprint density at radius 2 is 1.15 bits per heavy atom. The predicted molar refractivity (Wildman–Crippen MR) is 130 cm³/mol. The lowest BCUT2D eigenvalue weighted by Crippen LogP contribution is -2.18. The normalized spacial score (nSPS) is 11.0. The van der Waals surface area contributed by atoms with Gasteiger partial charge >= 0.3 is 0 Å². The second kappa shape index (κ2) is 15.2. The molecule has 2 aromatic carbocycles. The largest absolute Gasteiger partial charge is 0.493 e. The first kappa shape index (κ1) is 25.6. The average molecular weight is 453 g/mol. The van der Waals surface area contributed by atoms with Crippen molar-refractivity contribution in [1.29, 1.82) is 0 Å². The van der Waals surface area contributed by atoms with Crippen LogP contribution in [0.1, 0.15) is 57.1 Å². The number of unbranched alkanes of at least 4 members (excludes halogenated alkanes) is 2. The van der Waals surface area contributed by atoms with Crippen molar-refractivity contribution >= 4 is 24.2 Å². The van der Waals surface area contributed by atoms with Crippen LogP contribution in [0, 0.1) is 0 Å². The molecule has 0 aliphatic carbocycles. The smallest absolute Gasteiger partial charge is 0.240 e. The van der Waals surface area contributed by atoms with Crippen molar-refractivity contribution in [2.75, 3.05) is 13.2 Å². The number of nitrogens with zero attached hydrogens (tertiary/aromatic N) is 2. The Balaban J connectivity index is 1.60. The molecular formula is C25H32N4O4. The van der Waals surface area contributed by atoms with Gasteiger partial charge in [-0.1, -0.05) is 30.7 Å². The van der Waals surface area contributed by atoms with Crippen LogP contribution in [0.5, 0.6) is 11.5 Å². The highest BCUT2D eigenvalue weighted by Crippen LogP contribution is 2.16. The number of nitrogens with one attached hydrogen (secondary N) is 2. The Hall–Kier alpha value is -3.68. The topological polar surface area (TPSA) is 101 Å². The Morgan fingerprint density at radius 1 is 0.727 bits per heavy atom. The van der Waals surface area contributed by atoms with E-state index in [9.17, 15) is 9.59 Å². The molecule has 0 heterocycles. The molecule has 2 rings (SSSR count). The van der Waals surface area contributed by atoms with Gasteiger partial charge in [0.05, 0.1) is 25.6 Å². The molecule has 0 radical (unpaired) electrons. The highest BCUT2D eigenvalue weighted by molar-refractivity contribution is 5.86. The molecule has 176 valence electrons. The molecule has 0 fully saturated rings. The number of amides is 2. The fourth-order valence-corrected chi connectivity index (χ4v) is 2.96. The number of ether oxygens (including phenoxy) is 2. The molecule has 8 heteroatoms. The standard InChI is InChI=1S/C25H32N4O4/c1-3-32-22-14-10-8-12-20(22)18-26-28-24(30)16-6-5-7-17-25(31)29-27-19-21-13-9-11-15-23(21)33-4-2/h8-15,18-19H,3-7,16-17H2,1-2H3,(H,28,30)(H,29,31)/b26-18+,27-19+. The van der Waals surface area contributed by atoms with Crippen molar-refractivity contribution in [1.82, 2.24) is 10.9 Å². The molecule has 0 aliphatic rings. The zero-order valence-corrected chi connectivity index (χ0v) is 19.3. The monoisotopic (exact) mass is 452 g/mol. The molecule has 0 aliphatic heterocycles. The van der Waals surface area contributed by atoms with Gasteiger partial charge in [0.25, 0.3) is 0 Å². The minimum absolute atomic E-state index is 0.165. The molecule has 0 unspecified atom stereocenters. The maximum Gasteiger partial charge on any atom is 0.240 e. The summed E-state index contributed by atoms with van der Waals surface area (Å²) in [6.07, 6.45) is 5.94. The van der Waals surface area contributed by atoms with Gasteiger partial charge in [-0.05, 0) is 51.0 Å². The third-order valence-corrected chi connectivity index (χ3v) is 4.53. The maximum atomic E-state index is 11.9. The average Bonchev–Trinajstić information content (AvgIpc) is 2.81. The van der Waals surface area contributed by atoms with Crippen LogP contribution < -0.4 is 20.3 Å². The molecule has 2 amide bonds. The van der Waals surface area contributed by atoms with E-state index in [1.807, 2.05) is 62.4 Å². The summed E-state index contributed by atoms with van der Waals surface area (Å²) in [6.45, 7) is 4.94. The van der Waals surface area contributed by atoms with Gasteiger partial charge in [0.2, 0.25) is 11.8 Å². The molecule has 2 aromatic rings. The van der Waals surface area contributed by atoms with E-state index in [2.05, 4.69) is 21.1 Å². The van der Waals surface area contributed by atoms with Gasteiger partial charge in [-0.25, -0.2) is 10.9 Å². The van der Waals surface area contributed by atoms with Crippen LogP contribution in [0.3, 0.4) is 0 Å². The number of hydrazone groups is 2. The molecule has 8 nitrogen and oxygen atoms in total. The van der Waals surface area contributed by atoms with Crippen LogP contribution in [-0.2, 0) is 9.59 Å². The quantitative estimate of drug-likeness (QED) is 0.257. The predicted octanol–water partition coefficient (Wildman–Crippen LogP) is 4.03. The summed E-state index contributed by atoms with van der Waals surface area (Å²) in [6, 6.07) is 15.0. The van der Waals surface area contributed by atoms with Gasteiger partial charge in [-0.15, -0.1) is 0 Å². The molecule has 0 bridgehead atoms. The molecule has 0 aromatic heterocycles. The summed E-state index contributed by atoms with van der Waals surface area (Å²) in [5.41, 5.74) is 6.65. The maximum absolute atomic E-state index is 11.9. The van der Waals surface area contributed by atoms with E-state index in [-0.39, 0.29) is 11.8 Å². The summed E-state index contributed by atoms with van der Waals surface area (Å²) in [5, 5.41) is 7.99. The van der Waals surface area contributed by atoms with E-state index >= 15 is 0 Å². The third kappa shape index (κ3) is 9.99. The Kier molecular flexibility index (Phi) is 11.8. The van der Waals surface area contributed by atoms with E-state index in [1.54, 1.807) is 12.4 Å². The molecule has 0 saturated carbocycles. The van der Waals surface area contributed by atoms with Crippen molar-refractivity contribution in [3.63, 3.8) is 0 Å². The number of para-hydroxylation sites is 2. The molecular weight excluding hydrogens is 420 g/mol. The van der Waals surface area contributed by atoms with Gasteiger partial charge in [0.1, 0.15) is 11.5 Å². The van der Waals surface area contributed by atoms with E-state index < -0.39 is 0 Å². The van der Waals surface area contributed by atoms with Crippen molar-refractivity contribution in [2.45, 2.75) is 46.0 Å². The fourth-order valence-electron chi connectivity index (χ4n) is 2.96. The van der Waals surface area contributed by atoms with E-state index in [1.165, 1.54) is 0 Å². The fraction of sp³-hybridized carbons (Fsp3) is 0.360. The van der Waals surface area contributed by atoms with Crippen LogP contribution in [0.2, 0.25) is 0 Å². The molecule has 0 saturated heterocycles. The second-order valence-corrected chi connectivity index (χ2v) is 7.09. The minimum atomic E-state index is -0.165. The molecule has 0 atom stereocenters. The van der Waals surface area contributed by atoms with Gasteiger partial charge in [0.15, 0.2) is 0 Å². The highest BCUT2D eigenvalue weighted by Gasteiger charge is 2.04. The van der Waals surface area contributed by atoms with Gasteiger partial charge in [-0.2, -0.15) is 10.2 Å². The minimum Gasteiger partial charge on any atom is -0.493 e. The van der Waals surface area contributed by atoms with Crippen molar-refractivity contribution in [2.24, 2.45) is 10.2 Å². The van der Waals surface area contributed by atoms with E-state index in [0.717, 1.165) is 29.0 Å². The second-order valence-electron chi connectivity index (χ2n) is 7.09. The highest BCUT2D eigenvalue weighted by atomic mass is 16.5. The number of hydrogen-bond acceptors (Lipinski definition) is 6. The summed E-state index contributed by atoms with van der Waals surface area (Å²) in [7, 11) is 0. The lowest BCUT2D eigenvalue weighted by Gasteiger charge is -2.06. The lowest BCUT2D eigenvalue weighted by molar-refractivity contribution is -0.121. The molecule has 2 N–H and O–H groups in total. The molecule has 0 spiro atoms. The van der Waals surface area contributed by atoms with Crippen LogP contribution >= 0.6 is 0 Å². The Morgan fingerprint density at radius 3 is 1.58 bits per heavy atom. The van der Waals surface area contributed by atoms with Gasteiger partial charge in [0, 0.05) is 24.0 Å². The summed E-state index contributed by atoms with van der Waals surface area (Å²) < 4.78 is 11.0. The summed E-state index contributed by atoms with van der Waals surface area (Å²) in [4.78, 5) is 23.9. The first-order valence-corrected chi connectivity index (χ1v) is 11.2. The number of carbonyl (C=O) groups excluding carboxylic acids is 2. The zero-order chi connectivity index (χ0) is 23.7. The number of hydrogen-bond donors (Lipinski definition) is 2. The van der Waals surface area contributed by atoms with Crippen LogP contribution in [0.4, 0.5) is 0 Å². The van der Waals surface area contributed by atoms with Crippen LogP contribution in [-0.4, -0.2) is 37.5 Å². The van der Waals surface area contributed by atoms with Crippen molar-refractivity contribution in [3.05, 3.63) is 59.7 Å². The summed E-state index contributed by atoms with van der Waals surface area (Å²) >= 11 is 0. The van der Waals surface area contributed by atoms with Crippen molar-refractivity contribution < 1.29 is 19.1 Å². The third-order valence-electron chi connectivity index (χ3n) is 4.53. The number of rotatable bonds is 14. The van der Waals surface area contributed by atoms with Crippen LogP contribution in [0.15, 0.2) is 58.7 Å². The first-order valence-electron chi connectivity index (χ1n) is 11.2. The van der Waals surface area contributed by atoms with Gasteiger partial charge < -0.3 is 9.47 Å². The van der Waals surface area contributed by atoms with Crippen LogP contribution in [0.25, 0.3) is 0 Å². The zero-order valence-electron chi connectivity index (χ0n) is 19.3. The SMILES string of the molecule is CCOc1ccccc1/C=N/NC(=O)CCCCCC(=O)N/N=C/c1ccccc1OCC.